The van der Waals surface area contributed by atoms with Crippen molar-refractivity contribution >= 4 is 17.7 Å². The summed E-state index contributed by atoms with van der Waals surface area (Å²) < 4.78 is 12.4. The first kappa shape index (κ1) is 19.5. The minimum absolute atomic E-state index is 0.0364. The summed E-state index contributed by atoms with van der Waals surface area (Å²) in [6, 6.07) is 7.74. The van der Waals surface area contributed by atoms with Crippen LogP contribution in [0.5, 0.6) is 5.75 Å². The summed E-state index contributed by atoms with van der Waals surface area (Å²) in [4.78, 5) is 24.0. The number of thioether (sulfide) groups is 1. The van der Waals surface area contributed by atoms with Gasteiger partial charge in [0.1, 0.15) is 5.75 Å². The third kappa shape index (κ3) is 5.36. The van der Waals surface area contributed by atoms with E-state index in [1.54, 1.807) is 11.7 Å². The number of methoxy groups -OCH3 is 1. The number of aromatic nitrogens is 3. The highest BCUT2D eigenvalue weighted by molar-refractivity contribution is 7.99. The Hall–Kier alpha value is -2.26. The second-order valence-electron chi connectivity index (χ2n) is 6.26. The Kier molecular flexibility index (Phi) is 6.94. The van der Waals surface area contributed by atoms with Gasteiger partial charge in [-0.05, 0) is 30.9 Å². The molecule has 0 saturated carbocycles. The highest BCUT2D eigenvalue weighted by Crippen LogP contribution is 2.19. The zero-order chi connectivity index (χ0) is 19.1. The number of amides is 1. The van der Waals surface area contributed by atoms with E-state index in [0.29, 0.717) is 24.7 Å². The molecule has 9 heteroatoms. The summed E-state index contributed by atoms with van der Waals surface area (Å²) in [5.74, 6) is 0.909. The first-order valence-electron chi connectivity index (χ1n) is 8.95. The predicted molar refractivity (Wildman–Crippen MR) is 102 cm³/mol. The molecular formula is C18H24N4O4S. The van der Waals surface area contributed by atoms with Gasteiger partial charge in [0, 0.05) is 13.2 Å². The number of H-pyrrole nitrogens is 1. The van der Waals surface area contributed by atoms with Crippen molar-refractivity contribution in [3.05, 3.63) is 40.3 Å². The predicted octanol–water partition coefficient (Wildman–Crippen LogP) is 1.21. The summed E-state index contributed by atoms with van der Waals surface area (Å²) in [6.45, 7) is 1.71. The van der Waals surface area contributed by atoms with E-state index in [2.05, 4.69) is 15.5 Å². The molecule has 1 aromatic carbocycles. The molecule has 2 aromatic rings. The fourth-order valence-corrected chi connectivity index (χ4v) is 3.78. The van der Waals surface area contributed by atoms with Crippen molar-refractivity contribution in [1.82, 2.24) is 20.1 Å². The van der Waals surface area contributed by atoms with Crippen LogP contribution in [-0.2, 0) is 22.5 Å². The van der Waals surface area contributed by atoms with Crippen molar-refractivity contribution in [2.24, 2.45) is 0 Å². The molecule has 2 N–H and O–H groups in total. The Morgan fingerprint density at radius 1 is 1.48 bits per heavy atom. The molecule has 0 aliphatic carbocycles. The average molecular weight is 392 g/mol. The standard InChI is InChI=1S/C18H24N4O4S/c1-25-15-7-3-2-5-13(15)8-9-19-16(23)12-27-18-21-20-17(24)22(18)11-14-6-4-10-26-14/h2-3,5,7,14H,4,6,8-12H2,1H3,(H,19,23)(H,20,24). The van der Waals surface area contributed by atoms with Crippen LogP contribution in [0.15, 0.2) is 34.2 Å². The molecule has 2 heterocycles. The van der Waals surface area contributed by atoms with Gasteiger partial charge >= 0.3 is 5.69 Å². The van der Waals surface area contributed by atoms with E-state index >= 15 is 0 Å². The normalized spacial score (nSPS) is 16.4. The van der Waals surface area contributed by atoms with Crippen LogP contribution in [0.3, 0.4) is 0 Å². The minimum Gasteiger partial charge on any atom is -0.496 e. The minimum atomic E-state index is -0.274. The van der Waals surface area contributed by atoms with E-state index in [9.17, 15) is 9.59 Å². The van der Waals surface area contributed by atoms with Gasteiger partial charge in [-0.1, -0.05) is 30.0 Å². The molecule has 3 rings (SSSR count). The van der Waals surface area contributed by atoms with Crippen LogP contribution in [-0.4, -0.2) is 52.8 Å². The van der Waals surface area contributed by atoms with Crippen molar-refractivity contribution < 1.29 is 14.3 Å². The largest absolute Gasteiger partial charge is 0.496 e. The van der Waals surface area contributed by atoms with Crippen LogP contribution < -0.4 is 15.7 Å². The van der Waals surface area contributed by atoms with Crippen LogP contribution in [0.1, 0.15) is 18.4 Å². The molecule has 1 aliphatic rings. The van der Waals surface area contributed by atoms with Crippen LogP contribution in [0.4, 0.5) is 0 Å². The molecule has 8 nitrogen and oxygen atoms in total. The molecule has 1 saturated heterocycles. The smallest absolute Gasteiger partial charge is 0.344 e. The molecular weight excluding hydrogens is 368 g/mol. The zero-order valence-corrected chi connectivity index (χ0v) is 16.1. The number of aromatic amines is 1. The molecule has 1 unspecified atom stereocenters. The van der Waals surface area contributed by atoms with Gasteiger partial charge in [-0.25, -0.2) is 9.89 Å². The molecule has 1 atom stereocenters. The van der Waals surface area contributed by atoms with E-state index in [1.807, 2.05) is 24.3 Å². The number of carbonyl (C=O) groups is 1. The Labute approximate surface area is 161 Å². The van der Waals surface area contributed by atoms with Gasteiger partial charge in [-0.3, -0.25) is 9.36 Å². The molecule has 1 fully saturated rings. The second-order valence-corrected chi connectivity index (χ2v) is 7.20. The highest BCUT2D eigenvalue weighted by Gasteiger charge is 2.20. The summed E-state index contributed by atoms with van der Waals surface area (Å²) in [6.07, 6.45) is 2.67. The Balaban J connectivity index is 1.46. The summed E-state index contributed by atoms with van der Waals surface area (Å²) in [5.41, 5.74) is 0.773. The van der Waals surface area contributed by atoms with Gasteiger partial charge in [-0.15, -0.1) is 5.10 Å². The zero-order valence-electron chi connectivity index (χ0n) is 15.3. The maximum absolute atomic E-state index is 12.1. The number of rotatable bonds is 9. The molecule has 27 heavy (non-hydrogen) atoms. The van der Waals surface area contributed by atoms with Crippen LogP contribution >= 0.6 is 11.8 Å². The summed E-state index contributed by atoms with van der Waals surface area (Å²) >= 11 is 1.24. The molecule has 0 bridgehead atoms. The first-order chi connectivity index (χ1) is 13.2. The maximum Gasteiger partial charge on any atom is 0.344 e. The summed E-state index contributed by atoms with van der Waals surface area (Å²) in [5, 5.41) is 9.86. The van der Waals surface area contributed by atoms with E-state index in [1.165, 1.54) is 11.8 Å². The van der Waals surface area contributed by atoms with Crippen molar-refractivity contribution in [3.63, 3.8) is 0 Å². The SMILES string of the molecule is COc1ccccc1CCNC(=O)CSc1n[nH]c(=O)n1CC1CCCO1. The third-order valence-electron chi connectivity index (χ3n) is 4.37. The van der Waals surface area contributed by atoms with Gasteiger partial charge in [0.05, 0.1) is 25.5 Å². The Morgan fingerprint density at radius 3 is 3.11 bits per heavy atom. The topological polar surface area (TPSA) is 98.2 Å². The quantitative estimate of drug-likeness (QED) is 0.623. The van der Waals surface area contributed by atoms with Crippen LogP contribution in [0, 0.1) is 0 Å². The number of carbonyl (C=O) groups excluding carboxylic acids is 1. The molecule has 1 aromatic heterocycles. The van der Waals surface area contributed by atoms with E-state index in [-0.39, 0.29) is 23.5 Å². The van der Waals surface area contributed by atoms with Crippen molar-refractivity contribution in [1.29, 1.82) is 0 Å². The lowest BCUT2D eigenvalue weighted by molar-refractivity contribution is -0.118. The van der Waals surface area contributed by atoms with Crippen molar-refractivity contribution in [2.75, 3.05) is 26.0 Å². The van der Waals surface area contributed by atoms with Crippen molar-refractivity contribution in [3.8, 4) is 5.75 Å². The molecule has 1 aliphatic heterocycles. The average Bonchev–Trinajstić information content (AvgIpc) is 3.31. The van der Waals surface area contributed by atoms with Crippen molar-refractivity contribution in [2.45, 2.75) is 37.1 Å². The Bertz CT molecular complexity index is 814. The maximum atomic E-state index is 12.1. The fraction of sp³-hybridized carbons (Fsp3) is 0.500. The Morgan fingerprint density at radius 2 is 2.33 bits per heavy atom. The molecule has 1 amide bonds. The van der Waals surface area contributed by atoms with Gasteiger partial charge < -0.3 is 14.8 Å². The summed E-state index contributed by atoms with van der Waals surface area (Å²) in [7, 11) is 1.63. The second kappa shape index (κ2) is 9.61. The number of hydrogen-bond donors (Lipinski definition) is 2. The first-order valence-corrected chi connectivity index (χ1v) is 9.94. The van der Waals surface area contributed by atoms with E-state index < -0.39 is 0 Å². The monoisotopic (exact) mass is 392 g/mol. The molecule has 0 spiro atoms. The number of hydrogen-bond acceptors (Lipinski definition) is 6. The lowest BCUT2D eigenvalue weighted by atomic mass is 10.1. The highest BCUT2D eigenvalue weighted by atomic mass is 32.2. The number of ether oxygens (including phenoxy) is 2. The fourth-order valence-electron chi connectivity index (χ4n) is 2.99. The lowest BCUT2D eigenvalue weighted by Crippen LogP contribution is -2.28. The van der Waals surface area contributed by atoms with Gasteiger partial charge in [0.15, 0.2) is 5.16 Å². The molecule has 146 valence electrons. The lowest BCUT2D eigenvalue weighted by Gasteiger charge is -2.11. The van der Waals surface area contributed by atoms with Crippen LogP contribution in [0.25, 0.3) is 0 Å². The molecule has 0 radical (unpaired) electrons. The number of nitrogens with zero attached hydrogens (tertiary/aromatic N) is 2. The van der Waals surface area contributed by atoms with E-state index in [0.717, 1.165) is 30.8 Å². The number of benzene rings is 1. The van der Waals surface area contributed by atoms with E-state index in [4.69, 9.17) is 9.47 Å². The number of para-hydroxylation sites is 1. The third-order valence-corrected chi connectivity index (χ3v) is 5.35. The van der Waals surface area contributed by atoms with Gasteiger partial charge in [-0.2, -0.15) is 0 Å². The van der Waals surface area contributed by atoms with Crippen LogP contribution in [0.2, 0.25) is 0 Å². The van der Waals surface area contributed by atoms with Gasteiger partial charge in [0.25, 0.3) is 0 Å². The van der Waals surface area contributed by atoms with Gasteiger partial charge in [0.2, 0.25) is 5.91 Å². The number of nitrogens with one attached hydrogen (secondary N) is 2.